The van der Waals surface area contributed by atoms with Gasteiger partial charge in [-0.2, -0.15) is 0 Å². The fourth-order valence-corrected chi connectivity index (χ4v) is 5.23. The number of nitrogens with one attached hydrogen (secondary N) is 1. The van der Waals surface area contributed by atoms with E-state index in [-0.39, 0.29) is 10.7 Å². The second-order valence-corrected chi connectivity index (χ2v) is 10.2. The quantitative estimate of drug-likeness (QED) is 0.488. The molecular weight excluding hydrogens is 493 g/mol. The molecule has 0 bridgehead atoms. The summed E-state index contributed by atoms with van der Waals surface area (Å²) in [5.41, 5.74) is 1.87. The van der Waals surface area contributed by atoms with Crippen molar-refractivity contribution in [3.8, 4) is 0 Å². The van der Waals surface area contributed by atoms with Crippen LogP contribution >= 0.6 is 34.8 Å². The lowest BCUT2D eigenvalue weighted by molar-refractivity contribution is 0.250. The molecule has 2 aromatic carbocycles. The van der Waals surface area contributed by atoms with Crippen LogP contribution in [0.1, 0.15) is 5.56 Å². The molecule has 2 heterocycles. The number of anilines is 2. The highest BCUT2D eigenvalue weighted by atomic mass is 35.5. The number of rotatable bonds is 6. The van der Waals surface area contributed by atoms with Crippen molar-refractivity contribution in [3.63, 3.8) is 0 Å². The fraction of sp³-hybridized carbons (Fsp3) is 0.238. The molecule has 0 aliphatic carbocycles. The number of hydrogen-bond donors (Lipinski definition) is 1. The van der Waals surface area contributed by atoms with Gasteiger partial charge in [-0.15, -0.1) is 0 Å². The van der Waals surface area contributed by atoms with Gasteiger partial charge in [-0.25, -0.2) is 18.4 Å². The molecule has 0 atom stereocenters. The van der Waals surface area contributed by atoms with Crippen molar-refractivity contribution < 1.29 is 8.42 Å². The van der Waals surface area contributed by atoms with Gasteiger partial charge in [0.15, 0.2) is 0 Å². The SMILES string of the molecule is O=S(=O)(Nc1ccncn1)c1ccc(N2CCN(Cc3cc(Cl)cc(Cl)c3Cl)CC2)cc1. The van der Waals surface area contributed by atoms with Crippen LogP contribution in [0.4, 0.5) is 11.5 Å². The van der Waals surface area contributed by atoms with E-state index in [1.165, 1.54) is 18.6 Å². The molecule has 1 aliphatic rings. The molecule has 7 nitrogen and oxygen atoms in total. The van der Waals surface area contributed by atoms with Crippen LogP contribution in [0.3, 0.4) is 0 Å². The molecule has 1 fully saturated rings. The number of hydrogen-bond acceptors (Lipinski definition) is 6. The van der Waals surface area contributed by atoms with Crippen molar-refractivity contribution in [2.75, 3.05) is 35.8 Å². The van der Waals surface area contributed by atoms with Gasteiger partial charge < -0.3 is 4.90 Å². The summed E-state index contributed by atoms with van der Waals surface area (Å²) in [6.45, 7) is 3.93. The summed E-state index contributed by atoms with van der Waals surface area (Å²) < 4.78 is 27.6. The van der Waals surface area contributed by atoms with Gasteiger partial charge in [0, 0.05) is 49.6 Å². The maximum absolute atomic E-state index is 12.6. The number of aromatic nitrogens is 2. The third-order valence-electron chi connectivity index (χ3n) is 5.17. The Labute approximate surface area is 202 Å². The Kier molecular flexibility index (Phi) is 7.07. The standard InChI is InChI=1S/C21H20Cl3N5O2S/c22-16-11-15(21(24)19(23)12-16)13-28-7-9-29(10-8-28)17-1-3-18(4-2-17)32(30,31)27-20-5-6-25-14-26-20/h1-6,11-12,14H,7-10,13H2,(H,25,26,27). The predicted octanol–water partition coefficient (Wildman–Crippen LogP) is 4.56. The third kappa shape index (κ3) is 5.44. The van der Waals surface area contributed by atoms with Crippen molar-refractivity contribution in [1.82, 2.24) is 14.9 Å². The first-order valence-corrected chi connectivity index (χ1v) is 12.4. The van der Waals surface area contributed by atoms with Gasteiger partial charge in [0.2, 0.25) is 0 Å². The first kappa shape index (κ1) is 23.1. The average molecular weight is 513 g/mol. The minimum atomic E-state index is -3.72. The Balaban J connectivity index is 1.37. The van der Waals surface area contributed by atoms with Crippen LogP contribution in [-0.4, -0.2) is 49.5 Å². The van der Waals surface area contributed by atoms with Crippen LogP contribution < -0.4 is 9.62 Å². The zero-order valence-electron chi connectivity index (χ0n) is 16.9. The second kappa shape index (κ2) is 9.80. The number of piperazine rings is 1. The van der Waals surface area contributed by atoms with Gasteiger partial charge in [-0.1, -0.05) is 34.8 Å². The molecule has 0 amide bonds. The van der Waals surface area contributed by atoms with Gasteiger partial charge in [-0.05, 0) is 48.0 Å². The summed E-state index contributed by atoms with van der Waals surface area (Å²) in [5, 5.41) is 1.56. The number of halogens is 3. The molecule has 32 heavy (non-hydrogen) atoms. The summed E-state index contributed by atoms with van der Waals surface area (Å²) in [4.78, 5) is 12.4. The lowest BCUT2D eigenvalue weighted by Gasteiger charge is -2.36. The average Bonchev–Trinajstić information content (AvgIpc) is 2.78. The Morgan fingerprint density at radius 1 is 0.969 bits per heavy atom. The Bertz CT molecular complexity index is 1190. The molecule has 0 radical (unpaired) electrons. The largest absolute Gasteiger partial charge is 0.369 e. The highest BCUT2D eigenvalue weighted by Gasteiger charge is 2.20. The van der Waals surface area contributed by atoms with Crippen molar-refractivity contribution in [2.24, 2.45) is 0 Å². The van der Waals surface area contributed by atoms with Crippen LogP contribution in [-0.2, 0) is 16.6 Å². The molecule has 11 heteroatoms. The van der Waals surface area contributed by atoms with Gasteiger partial charge in [0.1, 0.15) is 12.1 Å². The molecule has 1 N–H and O–H groups in total. The molecule has 0 unspecified atom stereocenters. The molecule has 0 spiro atoms. The molecule has 0 saturated carbocycles. The van der Waals surface area contributed by atoms with Crippen LogP contribution in [0.5, 0.6) is 0 Å². The molecule has 1 aromatic heterocycles. The van der Waals surface area contributed by atoms with Crippen molar-refractivity contribution >= 4 is 56.3 Å². The van der Waals surface area contributed by atoms with Gasteiger partial charge in [0.05, 0.1) is 14.9 Å². The smallest absolute Gasteiger partial charge is 0.263 e. The van der Waals surface area contributed by atoms with E-state index in [0.717, 1.165) is 37.4 Å². The topological polar surface area (TPSA) is 78.4 Å². The zero-order chi connectivity index (χ0) is 22.7. The number of benzene rings is 2. The van der Waals surface area contributed by atoms with Crippen LogP contribution in [0.25, 0.3) is 0 Å². The van der Waals surface area contributed by atoms with Crippen molar-refractivity contribution in [2.45, 2.75) is 11.4 Å². The summed E-state index contributed by atoms with van der Waals surface area (Å²) in [5.74, 6) is 0.223. The Morgan fingerprint density at radius 2 is 1.69 bits per heavy atom. The Hall–Kier alpha value is -2.10. The van der Waals surface area contributed by atoms with E-state index in [2.05, 4.69) is 24.5 Å². The lowest BCUT2D eigenvalue weighted by Crippen LogP contribution is -2.46. The third-order valence-corrected chi connectivity index (χ3v) is 7.60. The fourth-order valence-electron chi connectivity index (χ4n) is 3.51. The predicted molar refractivity (Wildman–Crippen MR) is 128 cm³/mol. The summed E-state index contributed by atoms with van der Waals surface area (Å²) in [7, 11) is -3.72. The normalized spacial score (nSPS) is 15.0. The van der Waals surface area contributed by atoms with E-state index >= 15 is 0 Å². The first-order chi connectivity index (χ1) is 15.3. The van der Waals surface area contributed by atoms with Crippen LogP contribution in [0, 0.1) is 0 Å². The molecule has 1 aliphatic heterocycles. The van der Waals surface area contributed by atoms with E-state index < -0.39 is 10.0 Å². The molecule has 168 valence electrons. The summed E-state index contributed by atoms with van der Waals surface area (Å²) in [6.07, 6.45) is 2.76. The van der Waals surface area contributed by atoms with Gasteiger partial charge >= 0.3 is 0 Å². The van der Waals surface area contributed by atoms with Gasteiger partial charge in [-0.3, -0.25) is 9.62 Å². The first-order valence-electron chi connectivity index (χ1n) is 9.81. The van der Waals surface area contributed by atoms with Crippen LogP contribution in [0.2, 0.25) is 15.1 Å². The highest BCUT2D eigenvalue weighted by Crippen LogP contribution is 2.31. The lowest BCUT2D eigenvalue weighted by atomic mass is 10.2. The molecule has 1 saturated heterocycles. The molecular formula is C21H20Cl3N5O2S. The van der Waals surface area contributed by atoms with E-state index in [0.29, 0.717) is 21.6 Å². The van der Waals surface area contributed by atoms with E-state index in [9.17, 15) is 8.42 Å². The van der Waals surface area contributed by atoms with E-state index in [1.54, 1.807) is 18.2 Å². The number of sulfonamides is 1. The van der Waals surface area contributed by atoms with E-state index in [1.807, 2.05) is 18.2 Å². The van der Waals surface area contributed by atoms with Crippen molar-refractivity contribution in [3.05, 3.63) is 75.6 Å². The highest BCUT2D eigenvalue weighted by molar-refractivity contribution is 7.92. The Morgan fingerprint density at radius 3 is 2.34 bits per heavy atom. The summed E-state index contributed by atoms with van der Waals surface area (Å²) >= 11 is 18.6. The maximum atomic E-state index is 12.6. The second-order valence-electron chi connectivity index (χ2n) is 7.32. The number of nitrogens with zero attached hydrogens (tertiary/aromatic N) is 4. The minimum Gasteiger partial charge on any atom is -0.369 e. The zero-order valence-corrected chi connectivity index (χ0v) is 20.0. The molecule has 4 rings (SSSR count). The van der Waals surface area contributed by atoms with Crippen molar-refractivity contribution in [1.29, 1.82) is 0 Å². The molecule has 3 aromatic rings. The monoisotopic (exact) mass is 511 g/mol. The van der Waals surface area contributed by atoms with E-state index in [4.69, 9.17) is 34.8 Å². The van der Waals surface area contributed by atoms with Crippen LogP contribution in [0.15, 0.2) is 59.9 Å². The van der Waals surface area contributed by atoms with Gasteiger partial charge in [0.25, 0.3) is 10.0 Å². The minimum absolute atomic E-state index is 0.172. The maximum Gasteiger partial charge on any atom is 0.263 e. The summed E-state index contributed by atoms with van der Waals surface area (Å²) in [6, 6.07) is 11.8.